The molecule has 0 fully saturated rings. The fourth-order valence-electron chi connectivity index (χ4n) is 1.45. The summed E-state index contributed by atoms with van der Waals surface area (Å²) in [5.41, 5.74) is 2.39. The first-order chi connectivity index (χ1) is 9.04. The fourth-order valence-corrected chi connectivity index (χ4v) is 1.87. The van der Waals surface area contributed by atoms with Crippen molar-refractivity contribution in [2.45, 2.75) is 6.92 Å². The number of aryl methyl sites for hydroxylation is 1. The second-order valence-electron chi connectivity index (χ2n) is 3.71. The van der Waals surface area contributed by atoms with E-state index >= 15 is 0 Å². The summed E-state index contributed by atoms with van der Waals surface area (Å²) in [5, 5.41) is 2.58. The van der Waals surface area contributed by atoms with Crippen molar-refractivity contribution in [3.63, 3.8) is 0 Å². The SMILES string of the molecule is Cc1ccc(F)c(Nc2ncnc(NN)c2Br)c1F. The zero-order chi connectivity index (χ0) is 14.0. The maximum atomic E-state index is 13.9. The van der Waals surface area contributed by atoms with Gasteiger partial charge in [-0.25, -0.2) is 24.6 Å². The minimum absolute atomic E-state index is 0.200. The molecule has 2 aromatic rings. The predicted octanol–water partition coefficient (Wildman–Crippen LogP) is 2.85. The largest absolute Gasteiger partial charge is 0.334 e. The molecule has 1 aromatic heterocycles. The molecule has 0 saturated carbocycles. The molecule has 0 aliphatic heterocycles. The van der Waals surface area contributed by atoms with Gasteiger partial charge in [-0.05, 0) is 34.5 Å². The van der Waals surface area contributed by atoms with Crippen LogP contribution < -0.4 is 16.6 Å². The molecule has 19 heavy (non-hydrogen) atoms. The van der Waals surface area contributed by atoms with Crippen LogP contribution in [-0.2, 0) is 0 Å². The number of hydrazine groups is 1. The number of nitrogens with zero attached hydrogens (tertiary/aromatic N) is 2. The Morgan fingerprint density at radius 1 is 1.21 bits per heavy atom. The third-order valence-corrected chi connectivity index (χ3v) is 3.20. The molecule has 0 amide bonds. The van der Waals surface area contributed by atoms with Crippen molar-refractivity contribution < 1.29 is 8.78 Å². The van der Waals surface area contributed by atoms with Crippen molar-refractivity contribution in [3.05, 3.63) is 40.1 Å². The lowest BCUT2D eigenvalue weighted by Gasteiger charge is -2.12. The van der Waals surface area contributed by atoms with E-state index in [9.17, 15) is 8.78 Å². The molecule has 4 N–H and O–H groups in total. The first kappa shape index (κ1) is 13.6. The average molecular weight is 330 g/mol. The number of nitrogens with one attached hydrogen (secondary N) is 2. The van der Waals surface area contributed by atoms with Crippen molar-refractivity contribution in [2.75, 3.05) is 10.7 Å². The number of nitrogens with two attached hydrogens (primary N) is 1. The van der Waals surface area contributed by atoms with Gasteiger partial charge in [-0.15, -0.1) is 0 Å². The lowest BCUT2D eigenvalue weighted by Crippen LogP contribution is -2.11. The van der Waals surface area contributed by atoms with Gasteiger partial charge in [-0.2, -0.15) is 0 Å². The minimum atomic E-state index is -0.712. The van der Waals surface area contributed by atoms with Crippen molar-refractivity contribution in [2.24, 2.45) is 5.84 Å². The summed E-state index contributed by atoms with van der Waals surface area (Å²) in [7, 11) is 0. The Balaban J connectivity index is 2.45. The Labute approximate surface area is 116 Å². The summed E-state index contributed by atoms with van der Waals surface area (Å²) in [5.74, 6) is 4.36. The summed E-state index contributed by atoms with van der Waals surface area (Å²) in [6.07, 6.45) is 1.22. The molecule has 0 spiro atoms. The van der Waals surface area contributed by atoms with Gasteiger partial charge in [0.25, 0.3) is 0 Å². The third kappa shape index (κ3) is 2.64. The van der Waals surface area contributed by atoms with Crippen LogP contribution in [0.1, 0.15) is 5.56 Å². The van der Waals surface area contributed by atoms with Gasteiger partial charge in [-0.1, -0.05) is 6.07 Å². The summed E-state index contributed by atoms with van der Waals surface area (Å²) in [4.78, 5) is 7.74. The Morgan fingerprint density at radius 2 is 1.89 bits per heavy atom. The number of benzene rings is 1. The maximum absolute atomic E-state index is 13.9. The fraction of sp³-hybridized carbons (Fsp3) is 0.0909. The number of halogens is 3. The summed E-state index contributed by atoms with van der Waals surface area (Å²) in [6.45, 7) is 1.54. The van der Waals surface area contributed by atoms with Crippen molar-refractivity contribution in [3.8, 4) is 0 Å². The number of aromatic nitrogens is 2. The number of hydrogen-bond donors (Lipinski definition) is 3. The second kappa shape index (κ2) is 5.45. The first-order valence-electron chi connectivity index (χ1n) is 5.23. The number of hydrogen-bond acceptors (Lipinski definition) is 5. The van der Waals surface area contributed by atoms with E-state index in [0.717, 1.165) is 0 Å². The van der Waals surface area contributed by atoms with E-state index in [2.05, 4.69) is 36.6 Å². The van der Waals surface area contributed by atoms with Gasteiger partial charge in [0.15, 0.2) is 17.5 Å². The van der Waals surface area contributed by atoms with Crippen molar-refractivity contribution in [1.82, 2.24) is 9.97 Å². The molecule has 0 radical (unpaired) electrons. The molecule has 0 bridgehead atoms. The highest BCUT2D eigenvalue weighted by atomic mass is 79.9. The third-order valence-electron chi connectivity index (χ3n) is 2.45. The van der Waals surface area contributed by atoms with E-state index in [1.807, 2.05) is 0 Å². The molecule has 0 saturated heterocycles. The van der Waals surface area contributed by atoms with E-state index in [1.54, 1.807) is 6.92 Å². The maximum Gasteiger partial charge on any atom is 0.159 e. The van der Waals surface area contributed by atoms with E-state index in [1.165, 1.54) is 18.5 Å². The Bertz CT molecular complexity index is 620. The van der Waals surface area contributed by atoms with Crippen molar-refractivity contribution in [1.29, 1.82) is 0 Å². The smallest absolute Gasteiger partial charge is 0.159 e. The number of rotatable bonds is 3. The molecular formula is C11H10BrF2N5. The normalized spacial score (nSPS) is 10.4. The highest BCUT2D eigenvalue weighted by molar-refractivity contribution is 9.10. The van der Waals surface area contributed by atoms with Crippen LogP contribution in [0.25, 0.3) is 0 Å². The first-order valence-corrected chi connectivity index (χ1v) is 6.02. The van der Waals surface area contributed by atoms with Gasteiger partial charge in [0.2, 0.25) is 0 Å². The predicted molar refractivity (Wildman–Crippen MR) is 71.9 cm³/mol. The topological polar surface area (TPSA) is 75.9 Å². The zero-order valence-electron chi connectivity index (χ0n) is 9.84. The highest BCUT2D eigenvalue weighted by Crippen LogP contribution is 2.31. The Morgan fingerprint density at radius 3 is 2.58 bits per heavy atom. The lowest BCUT2D eigenvalue weighted by atomic mass is 10.2. The van der Waals surface area contributed by atoms with Gasteiger partial charge in [0.1, 0.15) is 22.3 Å². The molecule has 1 aromatic carbocycles. The van der Waals surface area contributed by atoms with Crippen LogP contribution in [0.5, 0.6) is 0 Å². The van der Waals surface area contributed by atoms with Gasteiger partial charge >= 0.3 is 0 Å². The van der Waals surface area contributed by atoms with E-state index in [4.69, 9.17) is 5.84 Å². The molecule has 5 nitrogen and oxygen atoms in total. The molecule has 8 heteroatoms. The summed E-state index contributed by atoms with van der Waals surface area (Å²) >= 11 is 3.19. The monoisotopic (exact) mass is 329 g/mol. The molecule has 0 unspecified atom stereocenters. The average Bonchev–Trinajstić information content (AvgIpc) is 2.41. The molecule has 1 heterocycles. The van der Waals surface area contributed by atoms with Gasteiger partial charge in [-0.3, -0.25) is 0 Å². The van der Waals surface area contributed by atoms with Crippen LogP contribution >= 0.6 is 15.9 Å². The van der Waals surface area contributed by atoms with Crippen LogP contribution in [0.2, 0.25) is 0 Å². The number of anilines is 3. The zero-order valence-corrected chi connectivity index (χ0v) is 11.4. The molecule has 0 aliphatic carbocycles. The van der Waals surface area contributed by atoms with Crippen molar-refractivity contribution >= 4 is 33.3 Å². The lowest BCUT2D eigenvalue weighted by molar-refractivity contribution is 0.584. The molecule has 100 valence electrons. The molecule has 0 atom stereocenters. The van der Waals surface area contributed by atoms with Crippen LogP contribution in [0.4, 0.5) is 26.1 Å². The van der Waals surface area contributed by atoms with E-state index in [0.29, 0.717) is 15.9 Å². The van der Waals surface area contributed by atoms with E-state index < -0.39 is 11.6 Å². The molecule has 2 rings (SSSR count). The minimum Gasteiger partial charge on any atom is -0.334 e. The van der Waals surface area contributed by atoms with Crippen LogP contribution in [-0.4, -0.2) is 9.97 Å². The second-order valence-corrected chi connectivity index (χ2v) is 4.50. The van der Waals surface area contributed by atoms with Gasteiger partial charge < -0.3 is 10.7 Å². The highest BCUT2D eigenvalue weighted by Gasteiger charge is 2.15. The van der Waals surface area contributed by atoms with Crippen LogP contribution in [0.15, 0.2) is 22.9 Å². The van der Waals surface area contributed by atoms with Gasteiger partial charge in [0, 0.05) is 0 Å². The molecule has 0 aliphatic rings. The molecular weight excluding hydrogens is 320 g/mol. The summed E-state index contributed by atoms with van der Waals surface area (Å²) in [6, 6.07) is 2.54. The summed E-state index contributed by atoms with van der Waals surface area (Å²) < 4.78 is 27.9. The Hall–Kier alpha value is -1.80. The quantitative estimate of drug-likeness (QED) is 0.596. The van der Waals surface area contributed by atoms with Crippen LogP contribution in [0, 0.1) is 18.6 Å². The van der Waals surface area contributed by atoms with E-state index in [-0.39, 0.29) is 11.5 Å². The standard InChI is InChI=1S/C11H10BrF2N5/c1-5-2-3-6(13)9(8(5)14)18-10-7(12)11(19-15)17-4-16-10/h2-4H,15H2,1H3,(H2,16,17,18,19). The van der Waals surface area contributed by atoms with Crippen LogP contribution in [0.3, 0.4) is 0 Å². The number of nitrogen functional groups attached to an aromatic ring is 1. The van der Waals surface area contributed by atoms with Gasteiger partial charge in [0.05, 0.1) is 0 Å². The Kier molecular flexibility index (Phi) is 3.91.